The lowest BCUT2D eigenvalue weighted by atomic mass is 9.98. The van der Waals surface area contributed by atoms with E-state index in [-0.39, 0.29) is 0 Å². The Morgan fingerprint density at radius 2 is 1.82 bits per heavy atom. The molecule has 0 saturated carbocycles. The van der Waals surface area contributed by atoms with Crippen LogP contribution in [0.2, 0.25) is 0 Å². The first-order chi connectivity index (χ1) is 10.7. The van der Waals surface area contributed by atoms with Crippen LogP contribution in [0.25, 0.3) is 11.1 Å². The van der Waals surface area contributed by atoms with E-state index in [2.05, 4.69) is 27.9 Å². The summed E-state index contributed by atoms with van der Waals surface area (Å²) in [6.07, 6.45) is 3.24. The molecule has 1 saturated heterocycles. The van der Waals surface area contributed by atoms with Crippen molar-refractivity contribution in [2.45, 2.75) is 0 Å². The Hall–Kier alpha value is -2.40. The topological polar surface area (TPSA) is 62.5 Å². The fourth-order valence-corrected chi connectivity index (χ4v) is 2.85. The third-order valence-electron chi connectivity index (χ3n) is 4.12. The number of carbonyl (C=O) groups is 1. The number of hydrogen-bond donors (Lipinski definition) is 1. The Morgan fingerprint density at radius 3 is 2.55 bits per heavy atom. The number of carbonyl (C=O) groups excluding carboxylic acids is 1. The van der Waals surface area contributed by atoms with Crippen molar-refractivity contribution in [2.75, 3.05) is 38.1 Å². The van der Waals surface area contributed by atoms with Gasteiger partial charge in [-0.15, -0.1) is 0 Å². The monoisotopic (exact) mass is 296 g/mol. The molecule has 1 aliphatic heterocycles. The Labute approximate surface area is 130 Å². The van der Waals surface area contributed by atoms with Crippen LogP contribution in [-0.4, -0.2) is 49.0 Å². The van der Waals surface area contributed by atoms with Crippen LogP contribution in [0.15, 0.2) is 42.7 Å². The van der Waals surface area contributed by atoms with Gasteiger partial charge in [0.25, 0.3) is 5.91 Å². The highest BCUT2D eigenvalue weighted by Gasteiger charge is 2.19. The standard InChI is InChI=1S/C17H20N4O/c1-20-8-10-21(11-9-20)16-5-3-2-4-14(16)13-6-7-19-12-15(13)17(18)22/h2-7,12H,8-11H2,1H3,(H2,18,22). The Morgan fingerprint density at radius 1 is 1.09 bits per heavy atom. The summed E-state index contributed by atoms with van der Waals surface area (Å²) in [5, 5.41) is 0. The van der Waals surface area contributed by atoms with Crippen molar-refractivity contribution >= 4 is 11.6 Å². The van der Waals surface area contributed by atoms with Crippen molar-refractivity contribution in [3.05, 3.63) is 48.3 Å². The predicted octanol–water partition coefficient (Wildman–Crippen LogP) is 1.60. The van der Waals surface area contributed by atoms with Gasteiger partial charge in [0.15, 0.2) is 0 Å². The number of aromatic nitrogens is 1. The molecule has 0 aliphatic carbocycles. The zero-order valence-corrected chi connectivity index (χ0v) is 12.7. The highest BCUT2D eigenvalue weighted by atomic mass is 16.1. The van der Waals surface area contributed by atoms with E-state index in [0.29, 0.717) is 5.56 Å². The second-order valence-electron chi connectivity index (χ2n) is 5.59. The van der Waals surface area contributed by atoms with Gasteiger partial charge in [0, 0.05) is 49.8 Å². The second kappa shape index (κ2) is 6.15. The van der Waals surface area contributed by atoms with Crippen molar-refractivity contribution in [1.82, 2.24) is 9.88 Å². The van der Waals surface area contributed by atoms with Crippen molar-refractivity contribution < 1.29 is 4.79 Å². The molecule has 1 amide bonds. The number of rotatable bonds is 3. The van der Waals surface area contributed by atoms with E-state index in [0.717, 1.165) is 43.0 Å². The molecule has 5 nitrogen and oxygen atoms in total. The van der Waals surface area contributed by atoms with E-state index >= 15 is 0 Å². The van der Waals surface area contributed by atoms with Crippen LogP contribution in [0.5, 0.6) is 0 Å². The van der Waals surface area contributed by atoms with E-state index in [4.69, 9.17) is 5.73 Å². The summed E-state index contributed by atoms with van der Waals surface area (Å²) in [5.41, 5.74) is 8.98. The first-order valence-corrected chi connectivity index (χ1v) is 7.43. The summed E-state index contributed by atoms with van der Waals surface area (Å²) in [4.78, 5) is 20.4. The minimum Gasteiger partial charge on any atom is -0.368 e. The number of anilines is 1. The number of pyridine rings is 1. The van der Waals surface area contributed by atoms with E-state index in [1.165, 1.54) is 0 Å². The van der Waals surface area contributed by atoms with Crippen LogP contribution in [0.1, 0.15) is 10.4 Å². The minimum absolute atomic E-state index is 0.448. The Kier molecular flexibility index (Phi) is 4.06. The largest absolute Gasteiger partial charge is 0.368 e. The number of para-hydroxylation sites is 1. The maximum atomic E-state index is 11.7. The third-order valence-corrected chi connectivity index (χ3v) is 4.12. The quantitative estimate of drug-likeness (QED) is 0.934. The van der Waals surface area contributed by atoms with Crippen LogP contribution in [0.3, 0.4) is 0 Å². The van der Waals surface area contributed by atoms with Crippen molar-refractivity contribution in [3.63, 3.8) is 0 Å². The van der Waals surface area contributed by atoms with Gasteiger partial charge in [-0.3, -0.25) is 9.78 Å². The van der Waals surface area contributed by atoms with Crippen LogP contribution < -0.4 is 10.6 Å². The van der Waals surface area contributed by atoms with Gasteiger partial charge in [-0.2, -0.15) is 0 Å². The lowest BCUT2D eigenvalue weighted by molar-refractivity contribution is 0.100. The van der Waals surface area contributed by atoms with Crippen LogP contribution in [0.4, 0.5) is 5.69 Å². The number of likely N-dealkylation sites (N-methyl/N-ethyl adjacent to an activating group) is 1. The predicted molar refractivity (Wildman–Crippen MR) is 87.9 cm³/mol. The van der Waals surface area contributed by atoms with Gasteiger partial charge in [-0.25, -0.2) is 0 Å². The highest BCUT2D eigenvalue weighted by molar-refractivity contribution is 6.01. The number of nitrogens with zero attached hydrogens (tertiary/aromatic N) is 3. The van der Waals surface area contributed by atoms with Crippen LogP contribution >= 0.6 is 0 Å². The molecule has 0 spiro atoms. The van der Waals surface area contributed by atoms with Gasteiger partial charge in [0.05, 0.1) is 5.56 Å². The first kappa shape index (κ1) is 14.5. The molecule has 2 aromatic rings. The normalized spacial score (nSPS) is 15.8. The maximum absolute atomic E-state index is 11.7. The molecule has 0 atom stereocenters. The minimum atomic E-state index is -0.448. The van der Waals surface area contributed by atoms with Crippen molar-refractivity contribution in [1.29, 1.82) is 0 Å². The van der Waals surface area contributed by atoms with E-state index in [1.54, 1.807) is 12.4 Å². The van der Waals surface area contributed by atoms with Gasteiger partial charge in [-0.1, -0.05) is 18.2 Å². The molecule has 3 rings (SSSR count). The van der Waals surface area contributed by atoms with Crippen molar-refractivity contribution in [3.8, 4) is 11.1 Å². The summed E-state index contributed by atoms with van der Waals surface area (Å²) >= 11 is 0. The summed E-state index contributed by atoms with van der Waals surface area (Å²) in [7, 11) is 2.14. The molecule has 22 heavy (non-hydrogen) atoms. The fourth-order valence-electron chi connectivity index (χ4n) is 2.85. The summed E-state index contributed by atoms with van der Waals surface area (Å²) in [5.74, 6) is -0.448. The van der Waals surface area contributed by atoms with Gasteiger partial charge >= 0.3 is 0 Å². The SMILES string of the molecule is CN1CCN(c2ccccc2-c2ccncc2C(N)=O)CC1. The van der Waals surface area contributed by atoms with Crippen LogP contribution in [-0.2, 0) is 0 Å². The van der Waals surface area contributed by atoms with E-state index < -0.39 is 5.91 Å². The van der Waals surface area contributed by atoms with Crippen molar-refractivity contribution in [2.24, 2.45) is 5.73 Å². The van der Waals surface area contributed by atoms with Gasteiger partial charge in [0.2, 0.25) is 0 Å². The number of benzene rings is 1. The summed E-state index contributed by atoms with van der Waals surface area (Å²) < 4.78 is 0. The average Bonchev–Trinajstić information content (AvgIpc) is 2.55. The summed E-state index contributed by atoms with van der Waals surface area (Å²) in [6.45, 7) is 4.02. The van der Waals surface area contributed by atoms with Gasteiger partial charge in [0.1, 0.15) is 0 Å². The molecule has 1 aromatic heterocycles. The molecule has 0 unspecified atom stereocenters. The number of amides is 1. The smallest absolute Gasteiger partial charge is 0.250 e. The van der Waals surface area contributed by atoms with Gasteiger partial charge < -0.3 is 15.5 Å². The molecular weight excluding hydrogens is 276 g/mol. The van der Waals surface area contributed by atoms with Gasteiger partial charge in [-0.05, 0) is 24.7 Å². The molecular formula is C17H20N4O. The zero-order chi connectivity index (χ0) is 15.5. The molecule has 1 aromatic carbocycles. The maximum Gasteiger partial charge on any atom is 0.250 e. The number of hydrogen-bond acceptors (Lipinski definition) is 4. The fraction of sp³-hybridized carbons (Fsp3) is 0.294. The zero-order valence-electron chi connectivity index (χ0n) is 12.7. The second-order valence-corrected chi connectivity index (χ2v) is 5.59. The summed E-state index contributed by atoms with van der Waals surface area (Å²) in [6, 6.07) is 10.0. The Bertz CT molecular complexity index is 678. The average molecular weight is 296 g/mol. The molecule has 0 radical (unpaired) electrons. The molecule has 2 N–H and O–H groups in total. The van der Waals surface area contributed by atoms with E-state index in [9.17, 15) is 4.79 Å². The molecule has 0 bridgehead atoms. The number of piperazine rings is 1. The third kappa shape index (κ3) is 2.80. The molecule has 114 valence electrons. The first-order valence-electron chi connectivity index (χ1n) is 7.43. The van der Waals surface area contributed by atoms with E-state index in [1.807, 2.05) is 24.3 Å². The molecule has 2 heterocycles. The lowest BCUT2D eigenvalue weighted by Crippen LogP contribution is -2.44. The Balaban J connectivity index is 2.04. The molecule has 1 fully saturated rings. The molecule has 1 aliphatic rings. The van der Waals surface area contributed by atoms with Crippen LogP contribution in [0, 0.1) is 0 Å². The number of nitrogens with two attached hydrogens (primary N) is 1. The molecule has 5 heteroatoms. The number of primary amides is 1. The highest BCUT2D eigenvalue weighted by Crippen LogP contribution is 2.33. The lowest BCUT2D eigenvalue weighted by Gasteiger charge is -2.35.